The molecule has 4 rings (SSSR count). The standard InChI is InChI=1S/C29H39N3O2/c1-3-5-6-7-8-9-17-27-30-29(34-31-27)24-20-18-23(19-21-24)28(32(33)4-2)26-16-12-14-22-13-10-11-15-25(22)26/h12,14,16,18-21,28,33H,3-11,13,15,17H2,1-2H3. The third-order valence-electron chi connectivity index (χ3n) is 7.04. The second kappa shape index (κ2) is 12.3. The van der Waals surface area contributed by atoms with Crippen molar-refractivity contribution in [2.75, 3.05) is 6.54 Å². The van der Waals surface area contributed by atoms with Crippen LogP contribution in [0.5, 0.6) is 0 Å². The molecule has 1 unspecified atom stereocenters. The molecular formula is C29H39N3O2. The molecule has 0 radical (unpaired) electrons. The molecule has 0 amide bonds. The summed E-state index contributed by atoms with van der Waals surface area (Å²) >= 11 is 0. The Kier molecular flexibility index (Phi) is 8.89. The van der Waals surface area contributed by atoms with Crippen LogP contribution >= 0.6 is 0 Å². The first-order valence-corrected chi connectivity index (χ1v) is 13.2. The Morgan fingerprint density at radius 3 is 2.50 bits per heavy atom. The molecule has 5 nitrogen and oxygen atoms in total. The summed E-state index contributed by atoms with van der Waals surface area (Å²) in [6, 6.07) is 14.6. The number of benzene rings is 2. The van der Waals surface area contributed by atoms with Gasteiger partial charge < -0.3 is 9.73 Å². The number of hydrogen-bond donors (Lipinski definition) is 1. The van der Waals surface area contributed by atoms with Crippen molar-refractivity contribution in [2.45, 2.75) is 90.5 Å². The summed E-state index contributed by atoms with van der Waals surface area (Å²) in [5.41, 5.74) is 6.04. The third kappa shape index (κ3) is 5.94. The molecular weight excluding hydrogens is 422 g/mol. The molecule has 1 aliphatic rings. The number of hydroxylamine groups is 2. The summed E-state index contributed by atoms with van der Waals surface area (Å²) in [7, 11) is 0. The number of rotatable bonds is 12. The molecule has 1 atom stereocenters. The zero-order chi connectivity index (χ0) is 23.8. The maximum Gasteiger partial charge on any atom is 0.257 e. The summed E-state index contributed by atoms with van der Waals surface area (Å²) in [6.45, 7) is 4.79. The van der Waals surface area contributed by atoms with E-state index in [0.717, 1.165) is 42.6 Å². The van der Waals surface area contributed by atoms with Gasteiger partial charge in [-0.05, 0) is 66.5 Å². The largest absolute Gasteiger partial charge is 0.334 e. The molecule has 182 valence electrons. The summed E-state index contributed by atoms with van der Waals surface area (Å²) in [4.78, 5) is 4.62. The second-order valence-corrected chi connectivity index (χ2v) is 9.51. The van der Waals surface area contributed by atoms with Crippen LogP contribution < -0.4 is 0 Å². The summed E-state index contributed by atoms with van der Waals surface area (Å²) in [5, 5.41) is 16.5. The van der Waals surface area contributed by atoms with E-state index < -0.39 is 0 Å². The number of fused-ring (bicyclic) bond motifs is 1. The molecule has 1 aliphatic carbocycles. The smallest absolute Gasteiger partial charge is 0.257 e. The molecule has 1 aromatic heterocycles. The van der Waals surface area contributed by atoms with E-state index in [4.69, 9.17) is 4.52 Å². The molecule has 3 aromatic rings. The monoisotopic (exact) mass is 461 g/mol. The van der Waals surface area contributed by atoms with E-state index in [1.807, 2.05) is 19.1 Å². The molecule has 5 heteroatoms. The SMILES string of the molecule is CCCCCCCCc1noc(-c2ccc(C(c3cccc4c3CCCC4)N(O)CC)cc2)n1. The van der Waals surface area contributed by atoms with Crippen LogP contribution in [0, 0.1) is 0 Å². The minimum atomic E-state index is -0.182. The average molecular weight is 462 g/mol. The number of hydrogen-bond acceptors (Lipinski definition) is 5. The molecule has 1 heterocycles. The highest BCUT2D eigenvalue weighted by atomic mass is 16.5. The van der Waals surface area contributed by atoms with Crippen molar-refractivity contribution >= 4 is 0 Å². The minimum absolute atomic E-state index is 0.182. The van der Waals surface area contributed by atoms with Gasteiger partial charge in [0.2, 0.25) is 0 Å². The third-order valence-corrected chi connectivity index (χ3v) is 7.04. The lowest BCUT2D eigenvalue weighted by Crippen LogP contribution is -2.27. The first-order valence-electron chi connectivity index (χ1n) is 13.2. The molecule has 0 saturated heterocycles. The highest BCUT2D eigenvalue weighted by molar-refractivity contribution is 5.54. The predicted octanol–water partition coefficient (Wildman–Crippen LogP) is 7.32. The van der Waals surface area contributed by atoms with Gasteiger partial charge in [0.15, 0.2) is 5.82 Å². The van der Waals surface area contributed by atoms with E-state index in [0.29, 0.717) is 12.4 Å². The van der Waals surface area contributed by atoms with E-state index in [-0.39, 0.29) is 6.04 Å². The summed E-state index contributed by atoms with van der Waals surface area (Å²) < 4.78 is 5.55. The van der Waals surface area contributed by atoms with E-state index in [1.54, 1.807) is 0 Å². The Hall–Kier alpha value is -2.50. The van der Waals surface area contributed by atoms with Gasteiger partial charge in [0.1, 0.15) is 0 Å². The van der Waals surface area contributed by atoms with Crippen molar-refractivity contribution in [3.63, 3.8) is 0 Å². The van der Waals surface area contributed by atoms with Gasteiger partial charge in [0.05, 0.1) is 6.04 Å². The Labute approximate surface area is 204 Å². The van der Waals surface area contributed by atoms with Crippen molar-refractivity contribution in [1.29, 1.82) is 0 Å². The van der Waals surface area contributed by atoms with Gasteiger partial charge in [-0.25, -0.2) is 0 Å². The molecule has 0 bridgehead atoms. The van der Waals surface area contributed by atoms with Gasteiger partial charge in [-0.2, -0.15) is 10.0 Å². The lowest BCUT2D eigenvalue weighted by atomic mass is 9.84. The molecule has 1 N–H and O–H groups in total. The maximum atomic E-state index is 10.9. The molecule has 0 fully saturated rings. The molecule has 0 saturated carbocycles. The van der Waals surface area contributed by atoms with Crippen molar-refractivity contribution in [1.82, 2.24) is 15.2 Å². The minimum Gasteiger partial charge on any atom is -0.334 e. The lowest BCUT2D eigenvalue weighted by molar-refractivity contribution is -0.113. The van der Waals surface area contributed by atoms with Crippen molar-refractivity contribution < 1.29 is 9.73 Å². The fourth-order valence-electron chi connectivity index (χ4n) is 5.11. The highest BCUT2D eigenvalue weighted by Crippen LogP contribution is 2.35. The molecule has 34 heavy (non-hydrogen) atoms. The Bertz CT molecular complexity index is 1030. The van der Waals surface area contributed by atoms with Crippen molar-refractivity contribution in [3.8, 4) is 11.5 Å². The molecule has 0 spiro atoms. The van der Waals surface area contributed by atoms with Crippen molar-refractivity contribution in [3.05, 3.63) is 70.5 Å². The normalized spacial score (nSPS) is 14.4. The Morgan fingerprint density at radius 1 is 0.941 bits per heavy atom. The van der Waals surface area contributed by atoms with E-state index in [9.17, 15) is 5.21 Å². The van der Waals surface area contributed by atoms with Crippen LogP contribution in [0.3, 0.4) is 0 Å². The van der Waals surface area contributed by atoms with Gasteiger partial charge in [-0.3, -0.25) is 0 Å². The summed E-state index contributed by atoms with van der Waals surface area (Å²) in [6.07, 6.45) is 13.1. The topological polar surface area (TPSA) is 62.4 Å². The van der Waals surface area contributed by atoms with E-state index in [1.165, 1.54) is 66.7 Å². The van der Waals surface area contributed by atoms with Crippen LogP contribution in [-0.4, -0.2) is 27.0 Å². The molecule has 0 aliphatic heterocycles. The van der Waals surface area contributed by atoms with Crippen LogP contribution in [0.4, 0.5) is 0 Å². The molecule has 2 aromatic carbocycles. The van der Waals surface area contributed by atoms with Crippen LogP contribution in [-0.2, 0) is 19.3 Å². The fourth-order valence-corrected chi connectivity index (χ4v) is 5.11. The first-order chi connectivity index (χ1) is 16.7. The first kappa shape index (κ1) is 24.6. The second-order valence-electron chi connectivity index (χ2n) is 9.51. The van der Waals surface area contributed by atoms with Gasteiger partial charge >= 0.3 is 0 Å². The number of aromatic nitrogens is 2. The zero-order valence-electron chi connectivity index (χ0n) is 20.8. The van der Waals surface area contributed by atoms with Gasteiger partial charge in [0, 0.05) is 18.5 Å². The quantitative estimate of drug-likeness (QED) is 0.226. The number of aryl methyl sites for hydroxylation is 2. The van der Waals surface area contributed by atoms with Crippen LogP contribution in [0.15, 0.2) is 47.0 Å². The van der Waals surface area contributed by atoms with E-state index in [2.05, 4.69) is 47.4 Å². The van der Waals surface area contributed by atoms with Gasteiger partial charge in [0.25, 0.3) is 5.89 Å². The Morgan fingerprint density at radius 2 is 1.71 bits per heavy atom. The van der Waals surface area contributed by atoms with Crippen LogP contribution in [0.1, 0.15) is 99.3 Å². The Balaban J connectivity index is 1.47. The van der Waals surface area contributed by atoms with Crippen LogP contribution in [0.25, 0.3) is 11.5 Å². The lowest BCUT2D eigenvalue weighted by Gasteiger charge is -2.30. The fraction of sp³-hybridized carbons (Fsp3) is 0.517. The number of unbranched alkanes of at least 4 members (excludes halogenated alkanes) is 5. The summed E-state index contributed by atoms with van der Waals surface area (Å²) in [5.74, 6) is 1.35. The maximum absolute atomic E-state index is 10.9. The average Bonchev–Trinajstić information content (AvgIpc) is 3.35. The predicted molar refractivity (Wildman–Crippen MR) is 136 cm³/mol. The zero-order valence-corrected chi connectivity index (χ0v) is 20.8. The van der Waals surface area contributed by atoms with Crippen LogP contribution in [0.2, 0.25) is 0 Å². The van der Waals surface area contributed by atoms with E-state index >= 15 is 0 Å². The number of nitrogens with zero attached hydrogens (tertiary/aromatic N) is 3. The van der Waals surface area contributed by atoms with Crippen molar-refractivity contribution in [2.24, 2.45) is 0 Å². The van der Waals surface area contributed by atoms with Gasteiger partial charge in [-0.15, -0.1) is 0 Å². The van der Waals surface area contributed by atoms with Gasteiger partial charge in [-0.1, -0.05) is 81.4 Å². The highest BCUT2D eigenvalue weighted by Gasteiger charge is 2.25.